The summed E-state index contributed by atoms with van der Waals surface area (Å²) >= 11 is 5.78. The van der Waals surface area contributed by atoms with E-state index in [1.807, 2.05) is 0 Å². The van der Waals surface area contributed by atoms with Crippen LogP contribution in [0.3, 0.4) is 0 Å². The summed E-state index contributed by atoms with van der Waals surface area (Å²) in [6.07, 6.45) is 3.01. The number of aromatic amines is 1. The largest absolute Gasteiger partial charge is 0.409 e. The second-order valence-corrected chi connectivity index (χ2v) is 7.68. The minimum absolute atomic E-state index is 0.0383. The zero-order chi connectivity index (χ0) is 22.0. The zero-order valence-corrected chi connectivity index (χ0v) is 17.0. The summed E-state index contributed by atoms with van der Waals surface area (Å²) in [6.45, 7) is 1.65. The number of hydrogen-bond acceptors (Lipinski definition) is 5. The Morgan fingerprint density at radius 1 is 1.19 bits per heavy atom. The van der Waals surface area contributed by atoms with Crippen LogP contribution in [0, 0.1) is 17.5 Å². The van der Waals surface area contributed by atoms with Crippen molar-refractivity contribution in [1.82, 2.24) is 15.3 Å². The fourth-order valence-electron chi connectivity index (χ4n) is 3.55. The van der Waals surface area contributed by atoms with Crippen molar-refractivity contribution in [1.29, 1.82) is 0 Å². The average Bonchev–Trinajstić information content (AvgIpc) is 3.00. The normalized spacial score (nSPS) is 17.5. The Hall–Kier alpha value is -2.98. The van der Waals surface area contributed by atoms with Crippen LogP contribution in [0.4, 0.5) is 24.8 Å². The molecule has 1 aliphatic rings. The number of halogens is 4. The van der Waals surface area contributed by atoms with Crippen molar-refractivity contribution < 1.29 is 18.4 Å². The molecule has 0 radical (unpaired) electrons. The molecule has 2 heterocycles. The fraction of sp³-hybridized carbons (Fsp3) is 0.300. The van der Waals surface area contributed by atoms with Gasteiger partial charge in [-0.2, -0.15) is 0 Å². The standard InChI is InChI=1S/C20H20ClF3N6O/c21-13-7-10(4-5-14(13)22)26-19(30-31)12-8-15(23)16(24)18-17(12)28-20(29-18)27-11-3-1-2-6-25-9-11/h4-5,7-8,11,25,31H,1-3,6,9H2,(H,26,30)(H2,27,28,29)/t11-/m1/s1. The van der Waals surface area contributed by atoms with E-state index in [1.54, 1.807) is 0 Å². The molecule has 164 valence electrons. The van der Waals surface area contributed by atoms with Crippen LogP contribution in [0.1, 0.15) is 24.8 Å². The first-order valence-corrected chi connectivity index (χ1v) is 10.1. The first-order chi connectivity index (χ1) is 15.0. The van der Waals surface area contributed by atoms with Crippen LogP contribution in [-0.4, -0.2) is 40.1 Å². The molecule has 0 unspecified atom stereocenters. The van der Waals surface area contributed by atoms with E-state index in [4.69, 9.17) is 11.6 Å². The van der Waals surface area contributed by atoms with Crippen LogP contribution in [-0.2, 0) is 0 Å². The molecule has 0 amide bonds. The maximum Gasteiger partial charge on any atom is 0.201 e. The molecule has 31 heavy (non-hydrogen) atoms. The zero-order valence-electron chi connectivity index (χ0n) is 16.3. The van der Waals surface area contributed by atoms with Gasteiger partial charge in [-0.05, 0) is 43.7 Å². The van der Waals surface area contributed by atoms with E-state index in [9.17, 15) is 18.4 Å². The molecule has 7 nitrogen and oxygen atoms in total. The van der Waals surface area contributed by atoms with Gasteiger partial charge in [-0.25, -0.2) is 18.2 Å². The molecule has 0 aliphatic carbocycles. The second-order valence-electron chi connectivity index (χ2n) is 7.27. The van der Waals surface area contributed by atoms with E-state index in [2.05, 4.69) is 31.1 Å². The lowest BCUT2D eigenvalue weighted by Crippen LogP contribution is -2.31. The van der Waals surface area contributed by atoms with Crippen molar-refractivity contribution in [3.63, 3.8) is 0 Å². The Labute approximate surface area is 180 Å². The predicted molar refractivity (Wildman–Crippen MR) is 113 cm³/mol. The van der Waals surface area contributed by atoms with E-state index in [0.29, 0.717) is 5.69 Å². The minimum Gasteiger partial charge on any atom is -0.409 e. The lowest BCUT2D eigenvalue weighted by atomic mass is 10.1. The number of anilines is 2. The van der Waals surface area contributed by atoms with Gasteiger partial charge in [0.05, 0.1) is 10.5 Å². The third-order valence-corrected chi connectivity index (χ3v) is 5.38. The van der Waals surface area contributed by atoms with Crippen LogP contribution in [0.25, 0.3) is 11.0 Å². The summed E-state index contributed by atoms with van der Waals surface area (Å²) in [6, 6.07) is 4.73. The summed E-state index contributed by atoms with van der Waals surface area (Å²) < 4.78 is 42.1. The van der Waals surface area contributed by atoms with Crippen molar-refractivity contribution in [2.45, 2.75) is 25.3 Å². The quantitative estimate of drug-likeness (QED) is 0.174. The number of fused-ring (bicyclic) bond motifs is 1. The number of rotatable bonds is 4. The summed E-state index contributed by atoms with van der Waals surface area (Å²) in [5.41, 5.74) is 0.228. The molecule has 3 aromatic rings. The van der Waals surface area contributed by atoms with Crippen molar-refractivity contribution >= 4 is 40.1 Å². The monoisotopic (exact) mass is 452 g/mol. The lowest BCUT2D eigenvalue weighted by Gasteiger charge is -2.15. The third kappa shape index (κ3) is 4.54. The Balaban J connectivity index is 1.69. The van der Waals surface area contributed by atoms with Gasteiger partial charge in [0.15, 0.2) is 17.5 Å². The number of oxime groups is 1. The smallest absolute Gasteiger partial charge is 0.201 e. The number of nitrogens with zero attached hydrogens (tertiary/aromatic N) is 2. The Kier molecular flexibility index (Phi) is 6.19. The van der Waals surface area contributed by atoms with Gasteiger partial charge < -0.3 is 26.1 Å². The van der Waals surface area contributed by atoms with Gasteiger partial charge in [-0.1, -0.05) is 23.2 Å². The maximum absolute atomic E-state index is 14.4. The minimum atomic E-state index is -1.16. The molecular weight excluding hydrogens is 433 g/mol. The number of nitrogens with one attached hydrogen (secondary N) is 4. The lowest BCUT2D eigenvalue weighted by molar-refractivity contribution is 0.319. The predicted octanol–water partition coefficient (Wildman–Crippen LogP) is 4.44. The Morgan fingerprint density at radius 2 is 2.03 bits per heavy atom. The number of amidine groups is 1. The maximum atomic E-state index is 14.4. The fourth-order valence-corrected chi connectivity index (χ4v) is 3.73. The van der Waals surface area contributed by atoms with Crippen molar-refractivity contribution in [2.24, 2.45) is 5.16 Å². The number of hydrogen-bond donors (Lipinski definition) is 5. The highest BCUT2D eigenvalue weighted by molar-refractivity contribution is 6.31. The van der Waals surface area contributed by atoms with Crippen molar-refractivity contribution in [3.05, 3.63) is 52.3 Å². The number of H-pyrrole nitrogens is 1. The molecule has 1 atom stereocenters. The summed E-state index contributed by atoms with van der Waals surface area (Å²) in [5.74, 6) is -2.82. The number of aromatic nitrogens is 2. The van der Waals surface area contributed by atoms with E-state index in [0.717, 1.165) is 44.5 Å². The van der Waals surface area contributed by atoms with Crippen LogP contribution < -0.4 is 16.0 Å². The molecule has 0 bridgehead atoms. The van der Waals surface area contributed by atoms with Crippen LogP contribution in [0.5, 0.6) is 0 Å². The molecular formula is C20H20ClF3N6O. The Morgan fingerprint density at radius 3 is 2.81 bits per heavy atom. The highest BCUT2D eigenvalue weighted by atomic mass is 35.5. The summed E-state index contributed by atoms with van der Waals surface area (Å²) in [4.78, 5) is 7.11. The molecule has 1 aromatic heterocycles. The molecule has 1 fully saturated rings. The molecule has 11 heteroatoms. The first-order valence-electron chi connectivity index (χ1n) is 9.75. The average molecular weight is 453 g/mol. The highest BCUT2D eigenvalue weighted by Gasteiger charge is 2.22. The van der Waals surface area contributed by atoms with Gasteiger partial charge in [0, 0.05) is 23.8 Å². The van der Waals surface area contributed by atoms with Gasteiger partial charge in [0.1, 0.15) is 11.3 Å². The SMILES string of the molecule is O/N=C(\Nc1ccc(F)c(Cl)c1)c1cc(F)c(F)c2nc(N[C@@H]3CCCCNC3)[nH]c12. The van der Waals surface area contributed by atoms with Gasteiger partial charge in [0.25, 0.3) is 0 Å². The summed E-state index contributed by atoms with van der Waals surface area (Å²) in [5, 5.41) is 21.8. The van der Waals surface area contributed by atoms with E-state index in [1.165, 1.54) is 12.1 Å². The molecule has 0 saturated carbocycles. The van der Waals surface area contributed by atoms with Crippen LogP contribution >= 0.6 is 11.6 Å². The molecule has 5 N–H and O–H groups in total. The van der Waals surface area contributed by atoms with E-state index < -0.39 is 17.5 Å². The molecule has 1 saturated heterocycles. The first kappa shape index (κ1) is 21.3. The van der Waals surface area contributed by atoms with E-state index >= 15 is 0 Å². The molecule has 2 aromatic carbocycles. The summed E-state index contributed by atoms with van der Waals surface area (Å²) in [7, 11) is 0. The second kappa shape index (κ2) is 9.03. The highest BCUT2D eigenvalue weighted by Crippen LogP contribution is 2.27. The van der Waals surface area contributed by atoms with Gasteiger partial charge >= 0.3 is 0 Å². The topological polar surface area (TPSA) is 97.4 Å². The van der Waals surface area contributed by atoms with Crippen LogP contribution in [0.15, 0.2) is 29.4 Å². The third-order valence-electron chi connectivity index (χ3n) is 5.09. The van der Waals surface area contributed by atoms with Gasteiger partial charge in [-0.15, -0.1) is 0 Å². The van der Waals surface area contributed by atoms with Crippen molar-refractivity contribution in [3.8, 4) is 0 Å². The van der Waals surface area contributed by atoms with Crippen molar-refractivity contribution in [2.75, 3.05) is 23.7 Å². The van der Waals surface area contributed by atoms with Gasteiger partial charge in [0.2, 0.25) is 5.95 Å². The number of imidazole rings is 1. The molecule has 0 spiro atoms. The van der Waals surface area contributed by atoms with E-state index in [-0.39, 0.29) is 39.4 Å². The number of benzene rings is 2. The Bertz CT molecular complexity index is 1130. The molecule has 4 rings (SSSR count). The van der Waals surface area contributed by atoms with Crippen LogP contribution in [0.2, 0.25) is 5.02 Å². The molecule has 1 aliphatic heterocycles. The van der Waals surface area contributed by atoms with Gasteiger partial charge in [-0.3, -0.25) is 0 Å².